The summed E-state index contributed by atoms with van der Waals surface area (Å²) in [5.74, 6) is -0.959. The van der Waals surface area contributed by atoms with E-state index < -0.39 is 12.0 Å². The topological polar surface area (TPSA) is 63.3 Å². The molecule has 0 radical (unpaired) electrons. The van der Waals surface area contributed by atoms with E-state index in [1.54, 1.807) is 11.3 Å². The molecule has 0 fully saturated rings. The molecule has 90 valence electrons. The molecule has 0 amide bonds. The number of aliphatic carboxylic acids is 1. The fourth-order valence-corrected chi connectivity index (χ4v) is 1.64. The van der Waals surface area contributed by atoms with E-state index in [-0.39, 0.29) is 0 Å². The van der Waals surface area contributed by atoms with Crippen molar-refractivity contribution >= 4 is 17.3 Å². The Kier molecular flexibility index (Phi) is 5.99. The van der Waals surface area contributed by atoms with Crippen LogP contribution in [0.3, 0.4) is 0 Å². The first-order valence-electron chi connectivity index (χ1n) is 5.19. The number of rotatable bonds is 3. The summed E-state index contributed by atoms with van der Waals surface area (Å²) in [5.41, 5.74) is 6.30. The third kappa shape index (κ3) is 5.85. The van der Waals surface area contributed by atoms with Crippen LogP contribution in [0.25, 0.3) is 0 Å². The van der Waals surface area contributed by atoms with E-state index in [1.807, 2.05) is 53.2 Å². The average Bonchev–Trinajstić information content (AvgIpc) is 2.89. The highest BCUT2D eigenvalue weighted by molar-refractivity contribution is 7.07. The van der Waals surface area contributed by atoms with Crippen LogP contribution in [-0.4, -0.2) is 17.1 Å². The fraction of sp³-hybridized carbons (Fsp3) is 0.154. The maximum atomic E-state index is 10.4. The molecule has 17 heavy (non-hydrogen) atoms. The van der Waals surface area contributed by atoms with Crippen LogP contribution in [0, 0.1) is 0 Å². The first-order chi connectivity index (χ1) is 8.20. The molecule has 0 saturated carbocycles. The second-order valence-electron chi connectivity index (χ2n) is 3.43. The third-order valence-corrected chi connectivity index (χ3v) is 2.67. The largest absolute Gasteiger partial charge is 0.480 e. The number of carbonyl (C=O) groups is 1. The smallest absolute Gasteiger partial charge is 0.320 e. The Morgan fingerprint density at radius 2 is 1.76 bits per heavy atom. The Hall–Kier alpha value is -1.65. The summed E-state index contributed by atoms with van der Waals surface area (Å²) in [5, 5.41) is 12.6. The van der Waals surface area contributed by atoms with Crippen LogP contribution in [0.15, 0.2) is 53.2 Å². The van der Waals surface area contributed by atoms with Gasteiger partial charge < -0.3 is 10.8 Å². The van der Waals surface area contributed by atoms with E-state index in [9.17, 15) is 4.79 Å². The van der Waals surface area contributed by atoms with E-state index >= 15 is 0 Å². The van der Waals surface area contributed by atoms with Crippen molar-refractivity contribution in [2.75, 3.05) is 0 Å². The number of benzene rings is 1. The minimum Gasteiger partial charge on any atom is -0.480 e. The fourth-order valence-electron chi connectivity index (χ4n) is 1.18. The molecular formula is C13H15NO2S. The molecule has 0 spiro atoms. The van der Waals surface area contributed by atoms with E-state index in [2.05, 4.69) is 0 Å². The van der Waals surface area contributed by atoms with Crippen molar-refractivity contribution in [2.24, 2.45) is 5.73 Å². The molecule has 0 aliphatic heterocycles. The van der Waals surface area contributed by atoms with E-state index in [0.717, 1.165) is 5.56 Å². The van der Waals surface area contributed by atoms with Crippen molar-refractivity contribution < 1.29 is 9.90 Å². The first-order valence-corrected chi connectivity index (χ1v) is 6.14. The summed E-state index contributed by atoms with van der Waals surface area (Å²) in [7, 11) is 0. The molecule has 0 saturated heterocycles. The lowest BCUT2D eigenvalue weighted by Gasteiger charge is -2.04. The van der Waals surface area contributed by atoms with Crippen LogP contribution >= 0.6 is 11.3 Å². The second-order valence-corrected chi connectivity index (χ2v) is 4.24. The highest BCUT2D eigenvalue weighted by atomic mass is 32.1. The highest BCUT2D eigenvalue weighted by Crippen LogP contribution is 2.01. The van der Waals surface area contributed by atoms with Gasteiger partial charge in [0.2, 0.25) is 0 Å². The zero-order valence-electron chi connectivity index (χ0n) is 9.32. The van der Waals surface area contributed by atoms with Gasteiger partial charge >= 0.3 is 5.97 Å². The molecule has 0 aliphatic rings. The van der Waals surface area contributed by atoms with E-state index in [1.165, 1.54) is 0 Å². The Bertz CT molecular complexity index is 397. The Balaban J connectivity index is 0.000000239. The molecule has 1 aromatic carbocycles. The summed E-state index contributed by atoms with van der Waals surface area (Å²) in [4.78, 5) is 10.4. The van der Waals surface area contributed by atoms with Crippen molar-refractivity contribution in [3.05, 3.63) is 58.8 Å². The van der Waals surface area contributed by atoms with Gasteiger partial charge in [-0.1, -0.05) is 42.5 Å². The molecular weight excluding hydrogens is 234 g/mol. The van der Waals surface area contributed by atoms with Crippen molar-refractivity contribution in [3.8, 4) is 0 Å². The van der Waals surface area contributed by atoms with Gasteiger partial charge in [-0.2, -0.15) is 11.3 Å². The lowest BCUT2D eigenvalue weighted by Crippen LogP contribution is -2.32. The molecule has 3 N–H and O–H groups in total. The summed E-state index contributed by atoms with van der Waals surface area (Å²) in [6.45, 7) is 0. The SMILES string of the molecule is NC(Cc1ccccc1)C(=O)O.c1ccsc1. The standard InChI is InChI=1S/C9H11NO2.C4H4S/c10-8(9(11)12)6-7-4-2-1-3-5-7;1-2-4-5-3-1/h1-5,8H,6,10H2,(H,11,12);1-4H. The number of hydrogen-bond acceptors (Lipinski definition) is 3. The molecule has 1 heterocycles. The van der Waals surface area contributed by atoms with Gasteiger partial charge in [0.1, 0.15) is 6.04 Å². The normalized spacial score (nSPS) is 11.1. The van der Waals surface area contributed by atoms with Gasteiger partial charge in [-0.3, -0.25) is 4.79 Å². The molecule has 2 rings (SSSR count). The summed E-state index contributed by atoms with van der Waals surface area (Å²) in [6, 6.07) is 12.6. The number of thiophene rings is 1. The maximum Gasteiger partial charge on any atom is 0.320 e. The number of carboxylic acid groups (broad SMARTS) is 1. The van der Waals surface area contributed by atoms with Crippen molar-refractivity contribution in [2.45, 2.75) is 12.5 Å². The van der Waals surface area contributed by atoms with Crippen LogP contribution in [0.5, 0.6) is 0 Å². The molecule has 4 heteroatoms. The molecule has 0 aliphatic carbocycles. The van der Waals surface area contributed by atoms with Crippen LogP contribution in [0.1, 0.15) is 5.56 Å². The number of nitrogens with two attached hydrogens (primary N) is 1. The summed E-state index contributed by atoms with van der Waals surface area (Å²) < 4.78 is 0. The molecule has 1 aromatic heterocycles. The second kappa shape index (κ2) is 7.60. The van der Waals surface area contributed by atoms with Gasteiger partial charge in [0.05, 0.1) is 0 Å². The lowest BCUT2D eigenvalue weighted by molar-refractivity contribution is -0.138. The van der Waals surface area contributed by atoms with Gasteiger partial charge in [-0.05, 0) is 22.7 Å². The predicted octanol–water partition coefficient (Wildman–Crippen LogP) is 2.39. The maximum absolute atomic E-state index is 10.4. The van der Waals surface area contributed by atoms with Crippen molar-refractivity contribution in [1.29, 1.82) is 0 Å². The summed E-state index contributed by atoms with van der Waals surface area (Å²) in [6.07, 6.45) is 0.385. The van der Waals surface area contributed by atoms with Gasteiger partial charge in [-0.15, -0.1) is 0 Å². The third-order valence-electron chi connectivity index (χ3n) is 2.04. The minimum absolute atomic E-state index is 0.385. The molecule has 3 nitrogen and oxygen atoms in total. The zero-order valence-corrected chi connectivity index (χ0v) is 10.1. The zero-order chi connectivity index (χ0) is 12.5. The minimum atomic E-state index is -0.959. The highest BCUT2D eigenvalue weighted by Gasteiger charge is 2.10. The average molecular weight is 249 g/mol. The number of carboxylic acids is 1. The van der Waals surface area contributed by atoms with Gasteiger partial charge in [0, 0.05) is 0 Å². The summed E-state index contributed by atoms with van der Waals surface area (Å²) >= 11 is 1.71. The van der Waals surface area contributed by atoms with Gasteiger partial charge in [0.25, 0.3) is 0 Å². The first kappa shape index (κ1) is 13.4. The monoisotopic (exact) mass is 249 g/mol. The van der Waals surface area contributed by atoms with Crippen molar-refractivity contribution in [1.82, 2.24) is 0 Å². The quantitative estimate of drug-likeness (QED) is 0.878. The molecule has 2 aromatic rings. The van der Waals surface area contributed by atoms with E-state index in [4.69, 9.17) is 10.8 Å². The van der Waals surface area contributed by atoms with Gasteiger partial charge in [-0.25, -0.2) is 0 Å². The van der Waals surface area contributed by atoms with Crippen LogP contribution in [-0.2, 0) is 11.2 Å². The van der Waals surface area contributed by atoms with E-state index in [0.29, 0.717) is 6.42 Å². The molecule has 1 atom stereocenters. The predicted molar refractivity (Wildman–Crippen MR) is 70.1 cm³/mol. The molecule has 0 bridgehead atoms. The Morgan fingerprint density at radius 3 is 2.18 bits per heavy atom. The van der Waals surface area contributed by atoms with Crippen LogP contribution in [0.2, 0.25) is 0 Å². The number of hydrogen-bond donors (Lipinski definition) is 2. The molecule has 1 unspecified atom stereocenters. The van der Waals surface area contributed by atoms with Crippen molar-refractivity contribution in [3.63, 3.8) is 0 Å². The van der Waals surface area contributed by atoms with Crippen LogP contribution in [0.4, 0.5) is 0 Å². The van der Waals surface area contributed by atoms with Crippen LogP contribution < -0.4 is 5.73 Å². The Labute approximate surface area is 105 Å². The lowest BCUT2D eigenvalue weighted by atomic mass is 10.1. The van der Waals surface area contributed by atoms with Gasteiger partial charge in [0.15, 0.2) is 0 Å². The Morgan fingerprint density at radius 1 is 1.18 bits per heavy atom.